The van der Waals surface area contributed by atoms with Crippen molar-refractivity contribution in [1.82, 2.24) is 36.5 Å². The summed E-state index contributed by atoms with van der Waals surface area (Å²) in [5, 5.41) is 34.8. The van der Waals surface area contributed by atoms with Crippen molar-refractivity contribution in [3.8, 4) is 11.5 Å². The van der Waals surface area contributed by atoms with E-state index in [0.29, 0.717) is 32.2 Å². The molecule has 0 bridgehead atoms. The van der Waals surface area contributed by atoms with Gasteiger partial charge in [0.1, 0.15) is 30.2 Å². The Morgan fingerprint density at radius 3 is 2.27 bits per heavy atom. The number of aromatic amines is 1. The molecule has 14 N–H and O–H groups in total. The Morgan fingerprint density at radius 2 is 1.60 bits per heavy atom. The van der Waals surface area contributed by atoms with Gasteiger partial charge in [0.15, 0.2) is 17.5 Å². The Labute approximate surface area is 359 Å². The molecular formula is C42H59N11O9. The number of rotatable bonds is 20. The number of hydrogen-bond acceptors (Lipinski definition) is 11. The summed E-state index contributed by atoms with van der Waals surface area (Å²) < 4.78 is 5.36. The Bertz CT molecular complexity index is 2140. The molecule has 0 radical (unpaired) electrons. The molecule has 20 nitrogen and oxygen atoms in total. The number of guanidine groups is 1. The van der Waals surface area contributed by atoms with Crippen molar-refractivity contribution in [3.05, 3.63) is 59.3 Å². The van der Waals surface area contributed by atoms with Crippen molar-refractivity contribution in [2.24, 2.45) is 22.2 Å². The number of nitrogens with zero attached hydrogens (tertiary/aromatic N) is 2. The molecule has 1 fully saturated rings. The standard InChI is InChI=1S/C42H59N11O9/c1-22(47-38(57)30-21-26-25-10-4-5-11-27(25)49-35(26)34(50-30)24-15-16-32(54)33(20-24)62-3)36(55)51-28(13-8-18-46-42(44)45)40(59)53-19-9-14-31(53)39(58)48-23(2)37(56)52-29(41(60)61)12-6-7-17-43/h4-5,10-11,15-16,20,22-23,28-31,34,49-50,54H,6-9,12-14,17-19,21,43H2,1-3H3,(H,47,57)(H,48,58)(H,51,55)(H,52,56)(H,60,61)(H4,44,45,46)/t22-,23-,28-,29-,30-,31-,34+/m0/s1. The van der Waals surface area contributed by atoms with Crippen LogP contribution in [0.4, 0.5) is 0 Å². The maximum Gasteiger partial charge on any atom is 0.326 e. The number of aromatic nitrogens is 1. The van der Waals surface area contributed by atoms with Crippen molar-refractivity contribution >= 4 is 52.4 Å². The summed E-state index contributed by atoms with van der Waals surface area (Å²) in [5.74, 6) is -4.09. The fourth-order valence-corrected chi connectivity index (χ4v) is 7.90. The zero-order valence-electron chi connectivity index (χ0n) is 35.2. The number of aromatic hydroxyl groups is 1. The Balaban J connectivity index is 1.27. The number of carbonyl (C=O) groups is 6. The first kappa shape index (κ1) is 46.7. The van der Waals surface area contributed by atoms with E-state index >= 15 is 0 Å². The van der Waals surface area contributed by atoms with Gasteiger partial charge in [-0.05, 0) is 101 Å². The SMILES string of the molecule is COc1cc([C@H]2N[C@H](C(=O)N[C@@H](C)C(=O)N[C@@H](CCCN=C(N)N)C(=O)N3CCC[C@H]3C(=O)N[C@@H](C)C(=O)N[C@@H](CCCCN)C(=O)O)Cc3c2[nH]c2ccccc32)ccc1O. The van der Waals surface area contributed by atoms with Crippen LogP contribution in [0.2, 0.25) is 0 Å². The van der Waals surface area contributed by atoms with Crippen LogP contribution >= 0.6 is 0 Å². The number of para-hydroxylation sites is 1. The smallest absolute Gasteiger partial charge is 0.326 e. The Morgan fingerprint density at radius 1 is 0.919 bits per heavy atom. The number of likely N-dealkylation sites (tertiary alicyclic amines) is 1. The molecule has 1 aromatic heterocycles. The highest BCUT2D eigenvalue weighted by molar-refractivity contribution is 5.97. The third kappa shape index (κ3) is 11.5. The number of nitrogens with two attached hydrogens (primary N) is 3. The number of hydrogen-bond donors (Lipinski definition) is 11. The predicted octanol–water partition coefficient (Wildman–Crippen LogP) is -0.277. The van der Waals surface area contributed by atoms with Crippen LogP contribution < -0.4 is 48.5 Å². The summed E-state index contributed by atoms with van der Waals surface area (Å²) in [4.78, 5) is 89.0. The number of fused-ring (bicyclic) bond motifs is 3. The number of nitrogens with one attached hydrogen (secondary N) is 6. The highest BCUT2D eigenvalue weighted by Crippen LogP contribution is 2.38. The van der Waals surface area contributed by atoms with E-state index in [0.717, 1.165) is 27.7 Å². The quantitative estimate of drug-likeness (QED) is 0.0396. The van der Waals surface area contributed by atoms with Gasteiger partial charge >= 0.3 is 5.97 Å². The fourth-order valence-electron chi connectivity index (χ4n) is 7.90. The molecular weight excluding hydrogens is 803 g/mol. The number of H-pyrrole nitrogens is 1. The number of aliphatic imine (C=N–C) groups is 1. The largest absolute Gasteiger partial charge is 0.504 e. The van der Waals surface area contributed by atoms with E-state index < -0.39 is 77.8 Å². The second kappa shape index (κ2) is 21.4. The van der Waals surface area contributed by atoms with Crippen LogP contribution in [0.1, 0.15) is 81.7 Å². The number of amides is 5. The van der Waals surface area contributed by atoms with E-state index in [2.05, 4.69) is 36.6 Å². The van der Waals surface area contributed by atoms with Gasteiger partial charge in [0.25, 0.3) is 0 Å². The van der Waals surface area contributed by atoms with Crippen LogP contribution in [-0.2, 0) is 35.2 Å². The molecule has 3 aromatic rings. The molecule has 5 rings (SSSR count). The number of unbranched alkanes of at least 4 members (excludes halogenated alkanes) is 1. The maximum absolute atomic E-state index is 14.2. The van der Waals surface area contributed by atoms with Gasteiger partial charge in [0, 0.05) is 29.7 Å². The first-order valence-corrected chi connectivity index (χ1v) is 20.9. The first-order valence-electron chi connectivity index (χ1n) is 20.9. The molecule has 336 valence electrons. The van der Waals surface area contributed by atoms with Crippen molar-refractivity contribution < 1.29 is 43.7 Å². The highest BCUT2D eigenvalue weighted by atomic mass is 16.5. The number of aliphatic carboxylic acids is 1. The molecule has 2 aliphatic heterocycles. The lowest BCUT2D eigenvalue weighted by atomic mass is 9.89. The molecule has 0 aliphatic carbocycles. The lowest BCUT2D eigenvalue weighted by Gasteiger charge is -2.32. The molecule has 0 saturated carbocycles. The normalized spacial score (nSPS) is 19.0. The van der Waals surface area contributed by atoms with Gasteiger partial charge < -0.3 is 63.3 Å². The van der Waals surface area contributed by atoms with E-state index in [1.54, 1.807) is 12.1 Å². The average molecular weight is 862 g/mol. The zero-order valence-corrected chi connectivity index (χ0v) is 35.2. The van der Waals surface area contributed by atoms with E-state index in [4.69, 9.17) is 21.9 Å². The summed E-state index contributed by atoms with van der Waals surface area (Å²) in [7, 11) is 1.45. The summed E-state index contributed by atoms with van der Waals surface area (Å²) >= 11 is 0. The topological polar surface area (TPSA) is 322 Å². The molecule has 2 aliphatic rings. The third-order valence-corrected chi connectivity index (χ3v) is 11.2. The molecule has 0 spiro atoms. The van der Waals surface area contributed by atoms with Crippen molar-refractivity contribution in [2.45, 2.75) is 108 Å². The molecule has 62 heavy (non-hydrogen) atoms. The summed E-state index contributed by atoms with van der Waals surface area (Å²) in [6.07, 6.45) is 2.69. The number of carboxylic acid groups (broad SMARTS) is 1. The number of phenolic OH excluding ortho intramolecular Hbond substituents is 1. The number of phenols is 1. The van der Waals surface area contributed by atoms with E-state index in [1.165, 1.54) is 31.9 Å². The van der Waals surface area contributed by atoms with Crippen molar-refractivity contribution in [3.63, 3.8) is 0 Å². The minimum atomic E-state index is -1.21. The van der Waals surface area contributed by atoms with Gasteiger partial charge in [-0.15, -0.1) is 0 Å². The second-order valence-corrected chi connectivity index (χ2v) is 15.7. The molecule has 1 saturated heterocycles. The number of carboxylic acids is 1. The van der Waals surface area contributed by atoms with Gasteiger partial charge in [-0.25, -0.2) is 4.79 Å². The summed E-state index contributed by atoms with van der Waals surface area (Å²) in [6, 6.07) is 5.90. The average Bonchev–Trinajstić information content (AvgIpc) is 3.89. The van der Waals surface area contributed by atoms with Gasteiger partial charge in [0.05, 0.1) is 19.2 Å². The van der Waals surface area contributed by atoms with Crippen molar-refractivity contribution in [1.29, 1.82) is 0 Å². The van der Waals surface area contributed by atoms with E-state index in [-0.39, 0.29) is 56.2 Å². The van der Waals surface area contributed by atoms with Gasteiger partial charge in [-0.3, -0.25) is 34.3 Å². The van der Waals surface area contributed by atoms with Gasteiger partial charge in [-0.1, -0.05) is 24.3 Å². The molecule has 7 atom stereocenters. The van der Waals surface area contributed by atoms with Crippen LogP contribution in [0.3, 0.4) is 0 Å². The minimum Gasteiger partial charge on any atom is -0.504 e. The second-order valence-electron chi connectivity index (χ2n) is 15.7. The van der Waals surface area contributed by atoms with E-state index in [9.17, 15) is 39.0 Å². The minimum absolute atomic E-state index is 0.0358. The molecule has 5 amide bonds. The van der Waals surface area contributed by atoms with Crippen LogP contribution in [-0.4, -0.2) is 125 Å². The number of methoxy groups -OCH3 is 1. The molecule has 3 heterocycles. The number of benzene rings is 2. The maximum atomic E-state index is 14.2. The monoisotopic (exact) mass is 861 g/mol. The van der Waals surface area contributed by atoms with Crippen molar-refractivity contribution in [2.75, 3.05) is 26.7 Å². The number of carbonyl (C=O) groups excluding carboxylic acids is 5. The fraction of sp³-hybridized carbons (Fsp3) is 0.500. The third-order valence-electron chi connectivity index (χ3n) is 11.2. The highest BCUT2D eigenvalue weighted by Gasteiger charge is 2.40. The Kier molecular flexibility index (Phi) is 16.1. The van der Waals surface area contributed by atoms with Gasteiger partial charge in [0.2, 0.25) is 29.5 Å². The molecule has 0 unspecified atom stereocenters. The van der Waals surface area contributed by atoms with Crippen LogP contribution in [0, 0.1) is 0 Å². The lowest BCUT2D eigenvalue weighted by Crippen LogP contribution is -2.58. The number of ether oxygens (including phenoxy) is 1. The zero-order chi connectivity index (χ0) is 45.1. The Hall–Kier alpha value is -6.41. The summed E-state index contributed by atoms with van der Waals surface area (Å²) in [6.45, 7) is 3.66. The lowest BCUT2D eigenvalue weighted by molar-refractivity contribution is -0.143. The molecule has 2 aromatic carbocycles. The van der Waals surface area contributed by atoms with Crippen LogP contribution in [0.15, 0.2) is 47.5 Å². The molecule has 20 heteroatoms. The van der Waals surface area contributed by atoms with Crippen LogP contribution in [0.25, 0.3) is 10.9 Å². The predicted molar refractivity (Wildman–Crippen MR) is 230 cm³/mol. The van der Waals surface area contributed by atoms with Gasteiger partial charge in [-0.2, -0.15) is 0 Å². The first-order chi connectivity index (χ1) is 29.6. The van der Waals surface area contributed by atoms with Crippen LogP contribution in [0.5, 0.6) is 11.5 Å². The van der Waals surface area contributed by atoms with E-state index in [1.807, 2.05) is 24.3 Å². The summed E-state index contributed by atoms with van der Waals surface area (Å²) in [5.41, 5.74) is 19.9.